The largest absolute Gasteiger partial charge is 0.0895 e. The van der Waals surface area contributed by atoms with Crippen LogP contribution in [0.15, 0.2) is 11.6 Å². The summed E-state index contributed by atoms with van der Waals surface area (Å²) in [6.45, 7) is 3.64. The van der Waals surface area contributed by atoms with Crippen LogP contribution >= 0.6 is 11.6 Å². The van der Waals surface area contributed by atoms with Crippen LogP contribution in [0.4, 0.5) is 0 Å². The number of halogens is 1. The van der Waals surface area contributed by atoms with Gasteiger partial charge in [-0.1, -0.05) is 24.6 Å². The quantitative estimate of drug-likeness (QED) is 0.494. The third kappa shape index (κ3) is 0.973. The van der Waals surface area contributed by atoms with Gasteiger partial charge < -0.3 is 0 Å². The normalized spacial score (nSPS) is 21.3. The molecule has 1 aliphatic carbocycles. The maximum atomic E-state index is 5.59. The summed E-state index contributed by atoms with van der Waals surface area (Å²) < 4.78 is 0. The van der Waals surface area contributed by atoms with E-state index in [-0.39, 0.29) is 0 Å². The Morgan fingerprint density at radius 3 is 2.14 bits per heavy atom. The molecule has 7 heavy (non-hydrogen) atoms. The van der Waals surface area contributed by atoms with Gasteiger partial charge in [0, 0.05) is 5.03 Å². The van der Waals surface area contributed by atoms with E-state index in [1.807, 2.05) is 0 Å². The molecule has 0 aromatic carbocycles. The highest BCUT2D eigenvalue weighted by Gasteiger charge is 2.18. The number of allylic oxidation sites excluding steroid dienone is 1. The summed E-state index contributed by atoms with van der Waals surface area (Å²) in [5, 5.41) is 0.853. The Bertz CT molecular complexity index is 82.2. The van der Waals surface area contributed by atoms with Crippen LogP contribution in [0.25, 0.3) is 0 Å². The minimum Gasteiger partial charge on any atom is -0.0895 e. The van der Waals surface area contributed by atoms with E-state index in [9.17, 15) is 0 Å². The van der Waals surface area contributed by atoms with Crippen molar-refractivity contribution in [3.05, 3.63) is 11.6 Å². The lowest BCUT2D eigenvalue weighted by Crippen LogP contribution is -2.09. The van der Waals surface area contributed by atoms with Gasteiger partial charge in [-0.05, 0) is 18.8 Å². The molecular formula is C6H9Cl. The highest BCUT2D eigenvalue weighted by molar-refractivity contribution is 6.29. The van der Waals surface area contributed by atoms with Crippen LogP contribution in [0.3, 0.4) is 0 Å². The summed E-state index contributed by atoms with van der Waals surface area (Å²) in [5.74, 6) is 0.654. The van der Waals surface area contributed by atoms with Gasteiger partial charge in [0.25, 0.3) is 0 Å². The highest BCUT2D eigenvalue weighted by Crippen LogP contribution is 2.33. The fourth-order valence-electron chi connectivity index (χ4n) is 0.721. The van der Waals surface area contributed by atoms with Crippen LogP contribution < -0.4 is 0 Å². The third-order valence-electron chi connectivity index (χ3n) is 1.55. The molecular weight excluding hydrogens is 108 g/mol. The average Bonchev–Trinajstić information content (AvgIpc) is 1.23. The summed E-state index contributed by atoms with van der Waals surface area (Å²) in [7, 11) is 0. The standard InChI is InChI=1S/C6H9Cl/c1-5(7)6-3-2-4-6/h6H,1-4H2. The lowest BCUT2D eigenvalue weighted by Gasteiger charge is -2.23. The monoisotopic (exact) mass is 116 g/mol. The van der Waals surface area contributed by atoms with Crippen molar-refractivity contribution in [2.24, 2.45) is 5.92 Å². The molecule has 0 unspecified atom stereocenters. The summed E-state index contributed by atoms with van der Waals surface area (Å²) in [6, 6.07) is 0. The first-order valence-corrected chi connectivity index (χ1v) is 3.03. The second-order valence-corrected chi connectivity index (χ2v) is 2.56. The van der Waals surface area contributed by atoms with Crippen molar-refractivity contribution in [3.8, 4) is 0 Å². The SMILES string of the molecule is C=C(Cl)C1CCC1. The smallest absolute Gasteiger partial charge is 0.0140 e. The van der Waals surface area contributed by atoms with Crippen molar-refractivity contribution in [2.75, 3.05) is 0 Å². The topological polar surface area (TPSA) is 0 Å². The van der Waals surface area contributed by atoms with E-state index in [1.165, 1.54) is 19.3 Å². The van der Waals surface area contributed by atoms with Crippen LogP contribution in [0.1, 0.15) is 19.3 Å². The Balaban J connectivity index is 2.27. The minimum absolute atomic E-state index is 0.654. The first-order valence-electron chi connectivity index (χ1n) is 2.65. The molecule has 1 aliphatic rings. The molecule has 0 saturated heterocycles. The fraction of sp³-hybridized carbons (Fsp3) is 0.667. The van der Waals surface area contributed by atoms with Crippen molar-refractivity contribution >= 4 is 11.6 Å². The van der Waals surface area contributed by atoms with Gasteiger partial charge in [0.15, 0.2) is 0 Å². The van der Waals surface area contributed by atoms with Gasteiger partial charge in [0.1, 0.15) is 0 Å². The molecule has 0 bridgehead atoms. The first kappa shape index (κ1) is 5.17. The van der Waals surface area contributed by atoms with Crippen molar-refractivity contribution in [3.63, 3.8) is 0 Å². The van der Waals surface area contributed by atoms with Crippen LogP contribution in [0.5, 0.6) is 0 Å². The molecule has 0 radical (unpaired) electrons. The third-order valence-corrected chi connectivity index (χ3v) is 1.86. The van der Waals surface area contributed by atoms with Gasteiger partial charge in [-0.3, -0.25) is 0 Å². The Morgan fingerprint density at radius 2 is 2.14 bits per heavy atom. The Kier molecular flexibility index (Phi) is 1.38. The van der Waals surface area contributed by atoms with Gasteiger partial charge in [0.2, 0.25) is 0 Å². The highest BCUT2D eigenvalue weighted by atomic mass is 35.5. The van der Waals surface area contributed by atoms with E-state index in [2.05, 4.69) is 6.58 Å². The summed E-state index contributed by atoms with van der Waals surface area (Å²) in [5.41, 5.74) is 0. The van der Waals surface area contributed by atoms with E-state index in [0.717, 1.165) is 5.03 Å². The van der Waals surface area contributed by atoms with Crippen LogP contribution in [0, 0.1) is 5.92 Å². The number of hydrogen-bond donors (Lipinski definition) is 0. The lowest BCUT2D eigenvalue weighted by atomic mass is 9.86. The molecule has 0 aliphatic heterocycles. The lowest BCUT2D eigenvalue weighted by molar-refractivity contribution is 0.381. The molecule has 40 valence electrons. The van der Waals surface area contributed by atoms with E-state index in [0.29, 0.717) is 5.92 Å². The Hall–Kier alpha value is 0.0300. The van der Waals surface area contributed by atoms with E-state index < -0.39 is 0 Å². The first-order chi connectivity index (χ1) is 3.30. The molecule has 1 heteroatoms. The van der Waals surface area contributed by atoms with Crippen molar-refractivity contribution in [1.82, 2.24) is 0 Å². The molecule has 0 N–H and O–H groups in total. The number of hydrogen-bond acceptors (Lipinski definition) is 0. The molecule has 0 amide bonds. The molecule has 1 saturated carbocycles. The zero-order valence-electron chi connectivity index (χ0n) is 4.28. The summed E-state index contributed by atoms with van der Waals surface area (Å²) >= 11 is 5.59. The van der Waals surface area contributed by atoms with Gasteiger partial charge in [-0.2, -0.15) is 0 Å². The molecule has 1 fully saturated rings. The van der Waals surface area contributed by atoms with Crippen LogP contribution in [-0.4, -0.2) is 0 Å². The van der Waals surface area contributed by atoms with Crippen molar-refractivity contribution in [1.29, 1.82) is 0 Å². The van der Waals surface area contributed by atoms with Crippen LogP contribution in [0.2, 0.25) is 0 Å². The molecule has 0 nitrogen and oxygen atoms in total. The van der Waals surface area contributed by atoms with Crippen LogP contribution in [-0.2, 0) is 0 Å². The predicted molar refractivity (Wildman–Crippen MR) is 32.3 cm³/mol. The van der Waals surface area contributed by atoms with E-state index in [4.69, 9.17) is 11.6 Å². The maximum Gasteiger partial charge on any atom is 0.0140 e. The van der Waals surface area contributed by atoms with E-state index >= 15 is 0 Å². The molecule has 0 aromatic heterocycles. The fourth-order valence-corrected chi connectivity index (χ4v) is 0.940. The van der Waals surface area contributed by atoms with Gasteiger partial charge in [0.05, 0.1) is 0 Å². The second kappa shape index (κ2) is 1.87. The van der Waals surface area contributed by atoms with Gasteiger partial charge in [-0.25, -0.2) is 0 Å². The number of rotatable bonds is 1. The minimum atomic E-state index is 0.654. The van der Waals surface area contributed by atoms with E-state index in [1.54, 1.807) is 0 Å². The maximum absolute atomic E-state index is 5.59. The average molecular weight is 117 g/mol. The molecule has 0 atom stereocenters. The van der Waals surface area contributed by atoms with Crippen molar-refractivity contribution < 1.29 is 0 Å². The van der Waals surface area contributed by atoms with Gasteiger partial charge in [-0.15, -0.1) is 0 Å². The zero-order chi connectivity index (χ0) is 5.28. The second-order valence-electron chi connectivity index (χ2n) is 2.07. The molecule has 0 heterocycles. The molecule has 0 spiro atoms. The predicted octanol–water partition coefficient (Wildman–Crippen LogP) is 2.54. The summed E-state index contributed by atoms with van der Waals surface area (Å²) in [4.78, 5) is 0. The van der Waals surface area contributed by atoms with Crippen molar-refractivity contribution in [2.45, 2.75) is 19.3 Å². The Morgan fingerprint density at radius 1 is 1.57 bits per heavy atom. The Labute approximate surface area is 49.2 Å². The van der Waals surface area contributed by atoms with Gasteiger partial charge >= 0.3 is 0 Å². The zero-order valence-corrected chi connectivity index (χ0v) is 5.04. The summed E-state index contributed by atoms with van der Waals surface area (Å²) in [6.07, 6.45) is 3.88. The molecule has 1 rings (SSSR count). The molecule has 0 aromatic rings.